The van der Waals surface area contributed by atoms with E-state index in [1.165, 1.54) is 10.7 Å². The first kappa shape index (κ1) is 21.2. The summed E-state index contributed by atoms with van der Waals surface area (Å²) in [5.74, 6) is -1.08. The Bertz CT molecular complexity index is 1230. The van der Waals surface area contributed by atoms with Gasteiger partial charge in [-0.25, -0.2) is 8.99 Å². The Kier molecular flexibility index (Phi) is 4.44. The maximum Gasteiger partial charge on any atom is 0.420 e. The minimum atomic E-state index is -4.75. The van der Waals surface area contributed by atoms with E-state index in [-0.39, 0.29) is 39.9 Å². The average Bonchev–Trinajstić information content (AvgIpc) is 3.58. The van der Waals surface area contributed by atoms with Crippen LogP contribution in [0.15, 0.2) is 23.4 Å². The van der Waals surface area contributed by atoms with Crippen LogP contribution in [-0.4, -0.2) is 26.2 Å². The molecule has 3 fully saturated rings. The molecule has 0 aliphatic heterocycles. The lowest BCUT2D eigenvalue weighted by Gasteiger charge is -2.13. The maximum atomic E-state index is 14.1. The van der Waals surface area contributed by atoms with Gasteiger partial charge in [0.2, 0.25) is 0 Å². The smallest absolute Gasteiger partial charge is 0.420 e. The predicted octanol–water partition coefficient (Wildman–Crippen LogP) is 3.50. The minimum Gasteiger partial charge on any atom is -0.618 e. The third-order valence-corrected chi connectivity index (χ3v) is 7.73. The number of hydrogen-bond acceptors (Lipinski definition) is 5. The van der Waals surface area contributed by atoms with Gasteiger partial charge < -0.3 is 10.5 Å². The molecule has 8 nitrogen and oxygen atoms in total. The lowest BCUT2D eigenvalue weighted by atomic mass is 10.1. The van der Waals surface area contributed by atoms with Gasteiger partial charge in [-0.1, -0.05) is 0 Å². The Morgan fingerprint density at radius 2 is 2.12 bits per heavy atom. The van der Waals surface area contributed by atoms with E-state index in [1.54, 1.807) is 0 Å². The van der Waals surface area contributed by atoms with Gasteiger partial charge in [0, 0.05) is 30.9 Å². The van der Waals surface area contributed by atoms with Crippen molar-refractivity contribution in [3.05, 3.63) is 40.5 Å². The number of carbonyl (C=O) groups excluding carboxylic acids is 1. The van der Waals surface area contributed by atoms with E-state index < -0.39 is 38.1 Å². The van der Waals surface area contributed by atoms with Gasteiger partial charge in [-0.3, -0.25) is 9.48 Å². The summed E-state index contributed by atoms with van der Waals surface area (Å²) in [6, 6.07) is 2.24. The molecule has 2 atom stereocenters. The number of nitrogens with zero attached hydrogens (tertiary/aromatic N) is 3. The van der Waals surface area contributed by atoms with Gasteiger partial charge in [-0.2, -0.15) is 23.0 Å². The molecule has 0 aromatic carbocycles. The number of carbonyl (C=O) groups is 1. The first-order chi connectivity index (χ1) is 14.9. The van der Waals surface area contributed by atoms with Gasteiger partial charge in [0.1, 0.15) is 21.0 Å². The summed E-state index contributed by atoms with van der Waals surface area (Å²) in [6.45, 7) is 0.259. The highest BCUT2D eigenvalue weighted by Gasteiger charge is 2.62. The summed E-state index contributed by atoms with van der Waals surface area (Å²) >= 11 is 0. The van der Waals surface area contributed by atoms with Crippen LogP contribution in [0.25, 0.3) is 0 Å². The van der Waals surface area contributed by atoms with Crippen molar-refractivity contribution in [2.75, 3.05) is 11.6 Å². The number of anilines is 1. The Morgan fingerprint density at radius 3 is 2.66 bits per heavy atom. The molecule has 172 valence electrons. The highest BCUT2D eigenvalue weighted by molar-refractivity contribution is 7.91. The number of alkyl halides is 3. The highest BCUT2D eigenvalue weighted by atomic mass is 32.2. The summed E-state index contributed by atoms with van der Waals surface area (Å²) in [6.07, 6.45) is 1.53. The van der Waals surface area contributed by atoms with Gasteiger partial charge >= 0.3 is 6.18 Å². The van der Waals surface area contributed by atoms with Crippen LogP contribution < -0.4 is 10.0 Å². The maximum absolute atomic E-state index is 14.1. The zero-order valence-corrected chi connectivity index (χ0v) is 18.1. The fourth-order valence-electron chi connectivity index (χ4n) is 4.46. The van der Waals surface area contributed by atoms with E-state index in [0.29, 0.717) is 12.8 Å². The van der Waals surface area contributed by atoms with Gasteiger partial charge in [0.25, 0.3) is 10.9 Å². The molecule has 1 amide bonds. The molecule has 3 aliphatic carbocycles. The fraction of sp³-hybridized carbons (Fsp3) is 0.550. The monoisotopic (exact) mass is 469 g/mol. The Labute approximate surface area is 182 Å². The Hall–Kier alpha value is -2.63. The molecule has 32 heavy (non-hydrogen) atoms. The number of aromatic nitrogens is 3. The largest absolute Gasteiger partial charge is 0.618 e. The molecule has 2 unspecified atom stereocenters. The third-order valence-electron chi connectivity index (χ3n) is 6.63. The molecule has 2 N–H and O–H groups in total. The SMILES string of the molecule is CS(=N)(=O)c1cc(NC(=O)c2c(C(F)(F)F)c(C3CC3)nn2CC2CC23CC3)cc[n+]1[O-]. The Morgan fingerprint density at radius 1 is 1.44 bits per heavy atom. The van der Waals surface area contributed by atoms with Crippen LogP contribution in [0.3, 0.4) is 0 Å². The molecule has 3 aliphatic rings. The second kappa shape index (κ2) is 6.69. The van der Waals surface area contributed by atoms with E-state index in [0.717, 1.165) is 37.8 Å². The molecule has 3 saturated carbocycles. The second-order valence-corrected chi connectivity index (χ2v) is 11.3. The van der Waals surface area contributed by atoms with E-state index in [4.69, 9.17) is 4.78 Å². The van der Waals surface area contributed by atoms with Crippen molar-refractivity contribution in [1.82, 2.24) is 9.78 Å². The molecule has 2 aromatic rings. The fourth-order valence-corrected chi connectivity index (χ4v) is 5.21. The van der Waals surface area contributed by atoms with Crippen LogP contribution in [0.4, 0.5) is 18.9 Å². The molecular formula is C20H22F3N5O3S. The molecule has 0 saturated heterocycles. The van der Waals surface area contributed by atoms with E-state index in [1.807, 2.05) is 0 Å². The van der Waals surface area contributed by atoms with E-state index in [9.17, 15) is 27.4 Å². The van der Waals surface area contributed by atoms with Gasteiger partial charge in [-0.05, 0) is 43.4 Å². The summed E-state index contributed by atoms with van der Waals surface area (Å²) in [5, 5.41) is 18.1. The molecule has 0 radical (unpaired) electrons. The number of rotatable bonds is 6. The number of nitrogens with one attached hydrogen (secondary N) is 2. The summed E-state index contributed by atoms with van der Waals surface area (Å²) < 4.78 is 63.3. The second-order valence-electron chi connectivity index (χ2n) is 9.20. The molecular weight excluding hydrogens is 447 g/mol. The van der Waals surface area contributed by atoms with Crippen LogP contribution in [0, 0.1) is 21.3 Å². The lowest BCUT2D eigenvalue weighted by Crippen LogP contribution is -2.33. The Balaban J connectivity index is 1.53. The average molecular weight is 469 g/mol. The minimum absolute atomic E-state index is 0.0159. The first-order valence-corrected chi connectivity index (χ1v) is 12.3. The summed E-state index contributed by atoms with van der Waals surface area (Å²) in [4.78, 5) is 13.1. The summed E-state index contributed by atoms with van der Waals surface area (Å²) in [5.41, 5.74) is -1.41. The zero-order valence-electron chi connectivity index (χ0n) is 17.2. The summed E-state index contributed by atoms with van der Waals surface area (Å²) in [7, 11) is -3.41. The lowest BCUT2D eigenvalue weighted by molar-refractivity contribution is -0.646. The van der Waals surface area contributed by atoms with Crippen LogP contribution in [-0.2, 0) is 22.5 Å². The topological polar surface area (TPSA) is 115 Å². The molecule has 0 bridgehead atoms. The highest BCUT2D eigenvalue weighted by Crippen LogP contribution is 2.71. The van der Waals surface area contributed by atoms with E-state index >= 15 is 0 Å². The predicted molar refractivity (Wildman–Crippen MR) is 107 cm³/mol. The molecule has 1 spiro atoms. The first-order valence-electron chi connectivity index (χ1n) is 10.4. The van der Waals surface area contributed by atoms with E-state index in [2.05, 4.69) is 10.4 Å². The van der Waals surface area contributed by atoms with Crippen LogP contribution in [0.5, 0.6) is 0 Å². The van der Waals surface area contributed by atoms with Gasteiger partial charge in [-0.15, -0.1) is 0 Å². The van der Waals surface area contributed by atoms with Crippen molar-refractivity contribution in [3.63, 3.8) is 0 Å². The molecule has 2 aromatic heterocycles. The van der Waals surface area contributed by atoms with Crippen LogP contribution in [0.2, 0.25) is 0 Å². The van der Waals surface area contributed by atoms with Crippen molar-refractivity contribution in [3.8, 4) is 0 Å². The molecule has 12 heteroatoms. The van der Waals surface area contributed by atoms with Crippen molar-refractivity contribution in [2.24, 2.45) is 11.3 Å². The van der Waals surface area contributed by atoms with Gasteiger partial charge in [0.05, 0.1) is 11.4 Å². The third kappa shape index (κ3) is 3.74. The normalized spacial score (nSPS) is 23.1. The quantitative estimate of drug-likeness (QED) is 0.498. The van der Waals surface area contributed by atoms with Crippen molar-refractivity contribution in [2.45, 2.75) is 55.8 Å². The molecule has 5 rings (SSSR count). The van der Waals surface area contributed by atoms with Crippen LogP contribution >= 0.6 is 0 Å². The van der Waals surface area contributed by atoms with Crippen LogP contribution in [0.1, 0.15) is 59.8 Å². The zero-order chi connectivity index (χ0) is 23.1. The van der Waals surface area contributed by atoms with Gasteiger partial charge in [0.15, 0.2) is 6.20 Å². The number of amides is 1. The van der Waals surface area contributed by atoms with Crippen molar-refractivity contribution < 1.29 is 26.9 Å². The number of halogens is 3. The standard InChI is InChI=1S/C20H22F3N5O3S/c1-32(24,31)14-8-13(4-7-28(14)30)25-18(29)17-15(20(21,22)23)16(11-2-3-11)26-27(17)10-12-9-19(12)5-6-19/h4,7-8,11-12,24H,2-3,5-6,9-10H2,1H3,(H,25,29). The number of pyridine rings is 1. The van der Waals surface area contributed by atoms with Crippen molar-refractivity contribution in [1.29, 1.82) is 4.78 Å². The number of hydrogen-bond donors (Lipinski definition) is 2. The molecule has 2 heterocycles. The van der Waals surface area contributed by atoms with Crippen molar-refractivity contribution >= 4 is 21.3 Å².